The highest BCUT2D eigenvalue weighted by Crippen LogP contribution is 2.24. The van der Waals surface area contributed by atoms with E-state index in [1.807, 2.05) is 14.0 Å². The Morgan fingerprint density at radius 2 is 2.33 bits per heavy atom. The molecule has 1 aromatic rings. The van der Waals surface area contributed by atoms with Gasteiger partial charge >= 0.3 is 0 Å². The molecule has 6 nitrogen and oxygen atoms in total. The van der Waals surface area contributed by atoms with Crippen LogP contribution >= 0.6 is 11.6 Å². The smallest absolute Gasteiger partial charge is 0.224 e. The van der Waals surface area contributed by atoms with E-state index in [1.165, 1.54) is 0 Å². The Morgan fingerprint density at radius 3 is 2.95 bits per heavy atom. The summed E-state index contributed by atoms with van der Waals surface area (Å²) in [5.41, 5.74) is 7.44. The number of nitrogens with zero attached hydrogens (tertiary/aromatic N) is 3. The van der Waals surface area contributed by atoms with Crippen LogP contribution in [0.3, 0.4) is 0 Å². The summed E-state index contributed by atoms with van der Waals surface area (Å²) in [5.74, 6) is 0.153. The Balaban J connectivity index is 1.96. The molecule has 1 saturated heterocycles. The molecule has 0 bridgehead atoms. The third-order valence-corrected chi connectivity index (χ3v) is 4.44. The summed E-state index contributed by atoms with van der Waals surface area (Å²) in [4.78, 5) is 14.3. The summed E-state index contributed by atoms with van der Waals surface area (Å²) < 4.78 is 1.70. The van der Waals surface area contributed by atoms with E-state index in [1.54, 1.807) is 4.68 Å². The number of halogens is 1. The van der Waals surface area contributed by atoms with Gasteiger partial charge in [0.05, 0.1) is 11.6 Å². The molecule has 2 heterocycles. The number of carbonyl (C=O) groups is 1. The molecule has 0 spiro atoms. The number of amides is 1. The number of nitrogens with one attached hydrogen (secondary N) is 1. The van der Waals surface area contributed by atoms with Gasteiger partial charge in [-0.25, -0.2) is 0 Å². The minimum absolute atomic E-state index is 0.0426. The number of hydrogen-bond acceptors (Lipinski definition) is 4. The van der Waals surface area contributed by atoms with Gasteiger partial charge in [-0.1, -0.05) is 11.6 Å². The fourth-order valence-electron chi connectivity index (χ4n) is 2.83. The number of nitrogens with two attached hydrogens (primary N) is 1. The van der Waals surface area contributed by atoms with Gasteiger partial charge in [-0.05, 0) is 26.3 Å². The first kappa shape index (κ1) is 16.3. The van der Waals surface area contributed by atoms with Gasteiger partial charge in [0.2, 0.25) is 5.91 Å². The third kappa shape index (κ3) is 3.96. The predicted octanol–water partition coefficient (Wildman–Crippen LogP) is 0.669. The van der Waals surface area contributed by atoms with Gasteiger partial charge in [0.1, 0.15) is 5.15 Å². The Hall–Kier alpha value is -1.11. The number of aromatic nitrogens is 2. The van der Waals surface area contributed by atoms with E-state index in [9.17, 15) is 4.79 Å². The van der Waals surface area contributed by atoms with Crippen LogP contribution in [0.4, 0.5) is 0 Å². The largest absolute Gasteiger partial charge is 0.355 e. The zero-order valence-corrected chi connectivity index (χ0v) is 13.5. The molecule has 0 saturated carbocycles. The molecule has 1 fully saturated rings. The van der Waals surface area contributed by atoms with E-state index in [0.29, 0.717) is 18.2 Å². The van der Waals surface area contributed by atoms with Crippen LogP contribution in [0.15, 0.2) is 0 Å². The average molecular weight is 314 g/mol. The highest BCUT2D eigenvalue weighted by Gasteiger charge is 2.26. The highest BCUT2D eigenvalue weighted by molar-refractivity contribution is 6.30. The first-order valence-corrected chi connectivity index (χ1v) is 7.78. The zero-order chi connectivity index (χ0) is 15.4. The number of likely N-dealkylation sites (tertiary alicyclic amines) is 1. The number of carbonyl (C=O) groups excluding carboxylic acids is 1. The SMILES string of the molecule is Cc1nn(C)c(Cl)c1CN1CCCC(C(=O)NCCN)C1. The molecule has 2 rings (SSSR count). The van der Waals surface area contributed by atoms with Crippen molar-refractivity contribution < 1.29 is 4.79 Å². The van der Waals surface area contributed by atoms with Crippen LogP contribution in [0.25, 0.3) is 0 Å². The van der Waals surface area contributed by atoms with Gasteiger partial charge in [0, 0.05) is 38.8 Å². The van der Waals surface area contributed by atoms with E-state index in [4.69, 9.17) is 17.3 Å². The first-order chi connectivity index (χ1) is 10.0. The molecule has 1 aliphatic rings. The first-order valence-electron chi connectivity index (χ1n) is 7.41. The Morgan fingerprint density at radius 1 is 1.57 bits per heavy atom. The number of aryl methyl sites for hydroxylation is 2. The van der Waals surface area contributed by atoms with Crippen molar-refractivity contribution in [3.8, 4) is 0 Å². The predicted molar refractivity (Wildman–Crippen MR) is 83.0 cm³/mol. The molecular weight excluding hydrogens is 290 g/mol. The maximum absolute atomic E-state index is 12.1. The van der Waals surface area contributed by atoms with Crippen molar-refractivity contribution >= 4 is 17.5 Å². The molecule has 0 radical (unpaired) electrons. The van der Waals surface area contributed by atoms with Crippen molar-refractivity contribution in [1.82, 2.24) is 20.0 Å². The fourth-order valence-corrected chi connectivity index (χ4v) is 3.06. The Bertz CT molecular complexity index is 502. The fraction of sp³-hybridized carbons (Fsp3) is 0.714. The van der Waals surface area contributed by atoms with Crippen LogP contribution in [0.2, 0.25) is 5.15 Å². The van der Waals surface area contributed by atoms with Crippen molar-refractivity contribution in [3.63, 3.8) is 0 Å². The molecule has 1 amide bonds. The zero-order valence-electron chi connectivity index (χ0n) is 12.7. The molecule has 0 aromatic carbocycles. The monoisotopic (exact) mass is 313 g/mol. The van der Waals surface area contributed by atoms with Crippen LogP contribution < -0.4 is 11.1 Å². The molecular formula is C14H24ClN5O. The second-order valence-corrected chi connectivity index (χ2v) is 5.99. The van der Waals surface area contributed by atoms with E-state index in [0.717, 1.165) is 43.7 Å². The molecule has 3 N–H and O–H groups in total. The topological polar surface area (TPSA) is 76.2 Å². The number of rotatable bonds is 5. The van der Waals surface area contributed by atoms with Crippen molar-refractivity contribution in [2.24, 2.45) is 18.7 Å². The number of hydrogen-bond donors (Lipinski definition) is 2. The van der Waals surface area contributed by atoms with Crippen LogP contribution in [-0.2, 0) is 18.4 Å². The van der Waals surface area contributed by atoms with Crippen LogP contribution in [0.5, 0.6) is 0 Å². The minimum Gasteiger partial charge on any atom is -0.355 e. The molecule has 1 aromatic heterocycles. The van der Waals surface area contributed by atoms with Gasteiger partial charge in [-0.15, -0.1) is 0 Å². The Kier molecular flexibility index (Phi) is 5.61. The lowest BCUT2D eigenvalue weighted by molar-refractivity contribution is -0.126. The lowest BCUT2D eigenvalue weighted by atomic mass is 9.96. The summed E-state index contributed by atoms with van der Waals surface area (Å²) in [6, 6.07) is 0. The second-order valence-electron chi connectivity index (χ2n) is 5.63. The van der Waals surface area contributed by atoms with E-state index < -0.39 is 0 Å². The maximum Gasteiger partial charge on any atom is 0.224 e. The Labute approximate surface area is 130 Å². The standard InChI is InChI=1S/C14H24ClN5O/c1-10-12(13(15)19(2)18-10)9-20-7-3-4-11(8-20)14(21)17-6-5-16/h11H,3-9,16H2,1-2H3,(H,17,21). The summed E-state index contributed by atoms with van der Waals surface area (Å²) in [7, 11) is 1.85. The molecule has 0 aliphatic carbocycles. The molecule has 1 unspecified atom stereocenters. The maximum atomic E-state index is 12.1. The molecule has 21 heavy (non-hydrogen) atoms. The van der Waals surface area contributed by atoms with Crippen LogP contribution in [0, 0.1) is 12.8 Å². The number of piperidine rings is 1. The third-order valence-electron chi connectivity index (χ3n) is 3.97. The normalized spacial score (nSPS) is 19.7. The molecule has 1 atom stereocenters. The van der Waals surface area contributed by atoms with Gasteiger partial charge in [0.25, 0.3) is 0 Å². The summed E-state index contributed by atoms with van der Waals surface area (Å²) >= 11 is 6.28. The van der Waals surface area contributed by atoms with Gasteiger partial charge < -0.3 is 11.1 Å². The van der Waals surface area contributed by atoms with E-state index in [2.05, 4.69) is 15.3 Å². The van der Waals surface area contributed by atoms with E-state index >= 15 is 0 Å². The van der Waals surface area contributed by atoms with Crippen molar-refractivity contribution in [1.29, 1.82) is 0 Å². The summed E-state index contributed by atoms with van der Waals surface area (Å²) in [5, 5.41) is 7.90. The van der Waals surface area contributed by atoms with Gasteiger partial charge in [-0.2, -0.15) is 5.10 Å². The van der Waals surface area contributed by atoms with E-state index in [-0.39, 0.29) is 11.8 Å². The van der Waals surface area contributed by atoms with Crippen molar-refractivity contribution in [3.05, 3.63) is 16.4 Å². The quantitative estimate of drug-likeness (QED) is 0.837. The molecule has 118 valence electrons. The minimum atomic E-state index is 0.0426. The highest BCUT2D eigenvalue weighted by atomic mass is 35.5. The lowest BCUT2D eigenvalue weighted by Crippen LogP contribution is -2.43. The van der Waals surface area contributed by atoms with Crippen molar-refractivity contribution in [2.45, 2.75) is 26.3 Å². The average Bonchev–Trinajstić information content (AvgIpc) is 2.71. The second kappa shape index (κ2) is 7.24. The lowest BCUT2D eigenvalue weighted by Gasteiger charge is -2.31. The van der Waals surface area contributed by atoms with Gasteiger partial charge in [-0.3, -0.25) is 14.4 Å². The molecule has 1 aliphatic heterocycles. The van der Waals surface area contributed by atoms with Gasteiger partial charge in [0.15, 0.2) is 0 Å². The van der Waals surface area contributed by atoms with Crippen LogP contribution in [-0.4, -0.2) is 46.8 Å². The van der Waals surface area contributed by atoms with Crippen molar-refractivity contribution in [2.75, 3.05) is 26.2 Å². The molecule has 7 heteroatoms. The summed E-state index contributed by atoms with van der Waals surface area (Å²) in [6.07, 6.45) is 1.96. The summed E-state index contributed by atoms with van der Waals surface area (Å²) in [6.45, 7) is 5.50. The van der Waals surface area contributed by atoms with Crippen LogP contribution in [0.1, 0.15) is 24.1 Å².